The van der Waals surface area contributed by atoms with Crippen molar-refractivity contribution < 1.29 is 10.5 Å². The van der Waals surface area contributed by atoms with Crippen LogP contribution >= 0.6 is 23.2 Å². The van der Waals surface area contributed by atoms with Crippen LogP contribution in [0.5, 0.6) is 5.75 Å². The van der Waals surface area contributed by atoms with Crippen molar-refractivity contribution in [2.24, 2.45) is 0 Å². The highest BCUT2D eigenvalue weighted by Gasteiger charge is 2.00. The van der Waals surface area contributed by atoms with Crippen molar-refractivity contribution >= 4 is 23.2 Å². The van der Waals surface area contributed by atoms with Gasteiger partial charge >= 0.3 is 0 Å². The number of hydrogen-bond acceptors (Lipinski definition) is 1. The molecule has 0 amide bonds. The van der Waals surface area contributed by atoms with Crippen LogP contribution < -0.4 is 10.5 Å². The van der Waals surface area contributed by atoms with Gasteiger partial charge in [-0.05, 0) is 18.2 Å². The summed E-state index contributed by atoms with van der Waals surface area (Å²) in [4.78, 5) is 0. The van der Waals surface area contributed by atoms with Crippen LogP contribution in [0.4, 0.5) is 0 Å². The number of ether oxygens (including phenoxy) is 1. The molecule has 0 bridgehead atoms. The Hall–Kier alpha value is -0.440. The molecule has 0 fully saturated rings. The lowest BCUT2D eigenvalue weighted by Crippen LogP contribution is -2.52. The van der Waals surface area contributed by atoms with Crippen molar-refractivity contribution in [3.63, 3.8) is 0 Å². The van der Waals surface area contributed by atoms with E-state index < -0.39 is 0 Å². The molecule has 3 N–H and O–H groups in total. The first-order valence-electron chi connectivity index (χ1n) is 3.61. The van der Waals surface area contributed by atoms with Gasteiger partial charge in [-0.15, -0.1) is 0 Å². The van der Waals surface area contributed by atoms with Gasteiger partial charge in [-0.25, -0.2) is 0 Å². The summed E-state index contributed by atoms with van der Waals surface area (Å²) in [5.74, 6) is 0.657. The number of rotatable bonds is 3. The van der Waals surface area contributed by atoms with E-state index in [0.29, 0.717) is 22.4 Å². The summed E-state index contributed by atoms with van der Waals surface area (Å²) >= 11 is 11.5. The van der Waals surface area contributed by atoms with E-state index in [1.54, 1.807) is 18.2 Å². The first-order valence-corrected chi connectivity index (χ1v) is 4.36. The van der Waals surface area contributed by atoms with Gasteiger partial charge in [-0.2, -0.15) is 0 Å². The highest BCUT2D eigenvalue weighted by molar-refractivity contribution is 6.35. The molecular formula is C8H10Cl2NO+. The van der Waals surface area contributed by atoms with E-state index in [0.717, 1.165) is 6.54 Å². The maximum absolute atomic E-state index is 5.84. The van der Waals surface area contributed by atoms with Crippen molar-refractivity contribution in [3.8, 4) is 5.75 Å². The van der Waals surface area contributed by atoms with E-state index in [9.17, 15) is 0 Å². The van der Waals surface area contributed by atoms with Crippen LogP contribution in [0, 0.1) is 0 Å². The van der Waals surface area contributed by atoms with Crippen molar-refractivity contribution in [3.05, 3.63) is 28.2 Å². The molecule has 2 nitrogen and oxygen atoms in total. The molecule has 1 aromatic rings. The first kappa shape index (κ1) is 9.65. The lowest BCUT2D eigenvalue weighted by molar-refractivity contribution is -0.370. The molecule has 4 heteroatoms. The van der Waals surface area contributed by atoms with Crippen molar-refractivity contribution in [1.82, 2.24) is 0 Å². The van der Waals surface area contributed by atoms with Crippen LogP contribution in [-0.4, -0.2) is 13.2 Å². The lowest BCUT2D eigenvalue weighted by Gasteiger charge is -2.04. The fourth-order valence-electron chi connectivity index (χ4n) is 0.774. The normalized spacial score (nSPS) is 9.92. The third-order valence-electron chi connectivity index (χ3n) is 1.30. The number of benzene rings is 1. The fraction of sp³-hybridized carbons (Fsp3) is 0.250. The van der Waals surface area contributed by atoms with Gasteiger partial charge in [0.1, 0.15) is 18.9 Å². The molecule has 12 heavy (non-hydrogen) atoms. The quantitative estimate of drug-likeness (QED) is 0.803. The molecule has 0 atom stereocenters. The number of quaternary nitrogens is 1. The highest BCUT2D eigenvalue weighted by Crippen LogP contribution is 2.27. The molecule has 0 radical (unpaired) electrons. The molecular weight excluding hydrogens is 197 g/mol. The maximum atomic E-state index is 5.84. The predicted octanol–water partition coefficient (Wildman–Crippen LogP) is 1.61. The summed E-state index contributed by atoms with van der Waals surface area (Å²) in [7, 11) is 0. The Morgan fingerprint density at radius 3 is 2.67 bits per heavy atom. The highest BCUT2D eigenvalue weighted by atomic mass is 35.5. The van der Waals surface area contributed by atoms with Crippen molar-refractivity contribution in [2.75, 3.05) is 13.2 Å². The molecule has 1 rings (SSSR count). The van der Waals surface area contributed by atoms with Gasteiger partial charge in [-0.1, -0.05) is 23.2 Å². The van der Waals surface area contributed by atoms with Gasteiger partial charge in [0.25, 0.3) is 0 Å². The van der Waals surface area contributed by atoms with Crippen LogP contribution in [0.25, 0.3) is 0 Å². The van der Waals surface area contributed by atoms with Crippen LogP contribution in [0.3, 0.4) is 0 Å². The Morgan fingerprint density at radius 2 is 2.08 bits per heavy atom. The SMILES string of the molecule is [NH3+]CCOc1ccc(Cl)cc1Cl. The molecule has 0 aliphatic carbocycles. The van der Waals surface area contributed by atoms with Crippen molar-refractivity contribution in [1.29, 1.82) is 0 Å². The molecule has 0 saturated carbocycles. The van der Waals surface area contributed by atoms with Gasteiger partial charge < -0.3 is 10.5 Å². The van der Waals surface area contributed by atoms with E-state index in [1.165, 1.54) is 0 Å². The summed E-state index contributed by atoms with van der Waals surface area (Å²) in [6.45, 7) is 1.29. The van der Waals surface area contributed by atoms with Crippen LogP contribution in [0.2, 0.25) is 10.0 Å². The number of halogens is 2. The summed E-state index contributed by atoms with van der Waals surface area (Å²) in [6, 6.07) is 5.15. The van der Waals surface area contributed by atoms with Crippen molar-refractivity contribution in [2.45, 2.75) is 0 Å². The predicted molar refractivity (Wildman–Crippen MR) is 49.7 cm³/mol. The smallest absolute Gasteiger partial charge is 0.138 e. The third-order valence-corrected chi connectivity index (χ3v) is 1.83. The zero-order valence-corrected chi connectivity index (χ0v) is 8.03. The monoisotopic (exact) mass is 206 g/mol. The Balaban J connectivity index is 2.72. The second kappa shape index (κ2) is 4.55. The Bertz CT molecular complexity index is 265. The summed E-state index contributed by atoms with van der Waals surface area (Å²) in [6.07, 6.45) is 0. The first-order chi connectivity index (χ1) is 5.74. The summed E-state index contributed by atoms with van der Waals surface area (Å²) in [5, 5.41) is 1.15. The van der Waals surface area contributed by atoms with Gasteiger partial charge in [0, 0.05) is 5.02 Å². The standard InChI is InChI=1S/C8H9Cl2NO/c9-6-1-2-8(7(10)5-6)12-4-3-11/h1-2,5H,3-4,11H2/p+1. The Morgan fingerprint density at radius 1 is 1.33 bits per heavy atom. The molecule has 0 unspecified atom stereocenters. The molecule has 1 aromatic carbocycles. The van der Waals surface area contributed by atoms with Crippen LogP contribution in [0.15, 0.2) is 18.2 Å². The largest absolute Gasteiger partial charge is 0.486 e. The number of hydrogen-bond donors (Lipinski definition) is 1. The Kier molecular flexibility index (Phi) is 3.66. The van der Waals surface area contributed by atoms with Gasteiger partial charge in [0.05, 0.1) is 5.02 Å². The average molecular weight is 207 g/mol. The minimum atomic E-state index is 0.538. The van der Waals surface area contributed by atoms with E-state index in [1.807, 2.05) is 0 Å². The molecule has 66 valence electrons. The van der Waals surface area contributed by atoms with Crippen LogP contribution in [0.1, 0.15) is 0 Å². The van der Waals surface area contributed by atoms with E-state index in [2.05, 4.69) is 5.73 Å². The average Bonchev–Trinajstić information content (AvgIpc) is 2.03. The summed E-state index contributed by atoms with van der Waals surface area (Å²) < 4.78 is 5.29. The van der Waals surface area contributed by atoms with E-state index in [4.69, 9.17) is 27.9 Å². The second-order valence-electron chi connectivity index (χ2n) is 2.28. The summed E-state index contributed by atoms with van der Waals surface area (Å²) in [5.41, 5.74) is 3.65. The van der Waals surface area contributed by atoms with Gasteiger partial charge in [-0.3, -0.25) is 0 Å². The molecule has 0 heterocycles. The maximum Gasteiger partial charge on any atom is 0.138 e. The molecule has 0 aliphatic heterocycles. The topological polar surface area (TPSA) is 36.9 Å². The molecule has 0 aliphatic rings. The zero-order valence-electron chi connectivity index (χ0n) is 6.52. The molecule has 0 aromatic heterocycles. The van der Waals surface area contributed by atoms with Crippen LogP contribution in [-0.2, 0) is 0 Å². The molecule has 0 saturated heterocycles. The van der Waals surface area contributed by atoms with Gasteiger partial charge in [0.2, 0.25) is 0 Å². The van der Waals surface area contributed by atoms with E-state index >= 15 is 0 Å². The second-order valence-corrected chi connectivity index (χ2v) is 3.12. The lowest BCUT2D eigenvalue weighted by atomic mass is 10.3. The minimum Gasteiger partial charge on any atom is -0.486 e. The fourth-order valence-corrected chi connectivity index (χ4v) is 1.24. The Labute approximate surface area is 81.2 Å². The molecule has 0 spiro atoms. The van der Waals surface area contributed by atoms with Gasteiger partial charge in [0.15, 0.2) is 0 Å². The van der Waals surface area contributed by atoms with E-state index in [-0.39, 0.29) is 0 Å². The zero-order chi connectivity index (χ0) is 8.97. The minimum absolute atomic E-state index is 0.538. The third kappa shape index (κ3) is 2.55.